The number of esters is 1. The lowest BCUT2D eigenvalue weighted by molar-refractivity contribution is -0.141. The molecule has 4 nitrogen and oxygen atoms in total. The molecule has 2 aromatic rings. The monoisotopic (exact) mass is 328 g/mol. The van der Waals surface area contributed by atoms with Crippen LogP contribution in [-0.4, -0.2) is 28.8 Å². The molecule has 8 heteroatoms. The van der Waals surface area contributed by atoms with Crippen LogP contribution in [0.2, 0.25) is 0 Å². The van der Waals surface area contributed by atoms with Crippen molar-refractivity contribution in [2.45, 2.75) is 11.3 Å². The Morgan fingerprint density at radius 2 is 1.91 bits per heavy atom. The van der Waals surface area contributed by atoms with Crippen LogP contribution in [0.5, 0.6) is 0 Å². The van der Waals surface area contributed by atoms with Crippen LogP contribution in [0.1, 0.15) is 5.69 Å². The third kappa shape index (κ3) is 4.20. The highest BCUT2D eigenvalue weighted by atomic mass is 32.2. The molecule has 22 heavy (non-hydrogen) atoms. The fourth-order valence-electron chi connectivity index (χ4n) is 1.57. The van der Waals surface area contributed by atoms with Crippen LogP contribution in [0.25, 0.3) is 11.3 Å². The Balaban J connectivity index is 2.39. The van der Waals surface area contributed by atoms with Crippen molar-refractivity contribution in [1.82, 2.24) is 9.97 Å². The van der Waals surface area contributed by atoms with Gasteiger partial charge in [-0.15, -0.1) is 0 Å². The van der Waals surface area contributed by atoms with Gasteiger partial charge in [0.15, 0.2) is 5.16 Å². The molecule has 2 rings (SSSR count). The lowest BCUT2D eigenvalue weighted by atomic mass is 10.1. The number of carbonyl (C=O) groups is 1. The summed E-state index contributed by atoms with van der Waals surface area (Å²) in [6.07, 6.45) is -4.59. The lowest BCUT2D eigenvalue weighted by Gasteiger charge is -2.10. The maximum atomic E-state index is 12.9. The van der Waals surface area contributed by atoms with Gasteiger partial charge in [0.25, 0.3) is 0 Å². The number of hydrogen-bond donors (Lipinski definition) is 0. The van der Waals surface area contributed by atoms with E-state index in [0.29, 0.717) is 5.56 Å². The van der Waals surface area contributed by atoms with Gasteiger partial charge in [-0.1, -0.05) is 42.1 Å². The van der Waals surface area contributed by atoms with Crippen LogP contribution in [0.3, 0.4) is 0 Å². The predicted octanol–water partition coefficient (Wildman–Crippen LogP) is 3.43. The van der Waals surface area contributed by atoms with Gasteiger partial charge in [0.2, 0.25) is 0 Å². The number of benzene rings is 1. The molecule has 0 aliphatic rings. The van der Waals surface area contributed by atoms with E-state index in [4.69, 9.17) is 0 Å². The van der Waals surface area contributed by atoms with Crippen molar-refractivity contribution in [2.75, 3.05) is 12.9 Å². The summed E-state index contributed by atoms with van der Waals surface area (Å²) in [5.41, 5.74) is -0.362. The Kier molecular flexibility index (Phi) is 5.02. The second kappa shape index (κ2) is 6.78. The van der Waals surface area contributed by atoms with Gasteiger partial charge < -0.3 is 4.74 Å². The van der Waals surface area contributed by atoms with E-state index in [0.717, 1.165) is 17.8 Å². The average molecular weight is 328 g/mol. The summed E-state index contributed by atoms with van der Waals surface area (Å²) in [5.74, 6) is -0.723. The molecule has 0 N–H and O–H groups in total. The van der Waals surface area contributed by atoms with Crippen molar-refractivity contribution in [3.63, 3.8) is 0 Å². The molecule has 0 unspecified atom stereocenters. The summed E-state index contributed by atoms with van der Waals surface area (Å²) >= 11 is 0.795. The van der Waals surface area contributed by atoms with Crippen molar-refractivity contribution in [3.8, 4) is 11.3 Å². The Morgan fingerprint density at radius 1 is 1.23 bits per heavy atom. The predicted molar refractivity (Wildman–Crippen MR) is 75.2 cm³/mol. The Labute approximate surface area is 128 Å². The second-order valence-corrected chi connectivity index (χ2v) is 5.09. The number of halogens is 3. The van der Waals surface area contributed by atoms with E-state index in [1.54, 1.807) is 30.3 Å². The molecule has 0 saturated carbocycles. The fourth-order valence-corrected chi connectivity index (χ4v) is 2.26. The first-order chi connectivity index (χ1) is 10.4. The number of rotatable bonds is 4. The minimum Gasteiger partial charge on any atom is -0.468 e. The molecule has 0 aliphatic carbocycles. The second-order valence-electron chi connectivity index (χ2n) is 4.15. The quantitative estimate of drug-likeness (QED) is 0.489. The summed E-state index contributed by atoms with van der Waals surface area (Å²) < 4.78 is 43.3. The summed E-state index contributed by atoms with van der Waals surface area (Å²) in [6, 6.07) is 9.34. The van der Waals surface area contributed by atoms with Crippen LogP contribution >= 0.6 is 11.8 Å². The minimum absolute atomic E-state index is 0.126. The highest BCUT2D eigenvalue weighted by Gasteiger charge is 2.33. The number of hydrogen-bond acceptors (Lipinski definition) is 5. The first kappa shape index (κ1) is 16.3. The Hall–Kier alpha value is -2.09. The number of methoxy groups -OCH3 is 1. The van der Waals surface area contributed by atoms with E-state index in [2.05, 4.69) is 14.7 Å². The summed E-state index contributed by atoms with van der Waals surface area (Å²) in [6.45, 7) is 0. The van der Waals surface area contributed by atoms with E-state index >= 15 is 0 Å². The third-order valence-corrected chi connectivity index (χ3v) is 3.43. The van der Waals surface area contributed by atoms with Crippen LogP contribution in [-0.2, 0) is 15.7 Å². The molecule has 0 amide bonds. The normalized spacial score (nSPS) is 11.3. The van der Waals surface area contributed by atoms with E-state index in [1.807, 2.05) is 0 Å². The molecule has 1 heterocycles. The lowest BCUT2D eigenvalue weighted by Crippen LogP contribution is -2.11. The number of alkyl halides is 3. The first-order valence-corrected chi connectivity index (χ1v) is 7.10. The molecule has 0 radical (unpaired) electrons. The van der Waals surface area contributed by atoms with Gasteiger partial charge in [0, 0.05) is 5.56 Å². The highest BCUT2D eigenvalue weighted by Crippen LogP contribution is 2.31. The van der Waals surface area contributed by atoms with Crippen molar-refractivity contribution in [2.24, 2.45) is 0 Å². The van der Waals surface area contributed by atoms with E-state index in [9.17, 15) is 18.0 Å². The van der Waals surface area contributed by atoms with Gasteiger partial charge in [0.05, 0.1) is 18.6 Å². The molecule has 0 bridgehead atoms. The zero-order valence-corrected chi connectivity index (χ0v) is 12.2. The van der Waals surface area contributed by atoms with E-state index in [1.165, 1.54) is 7.11 Å². The number of aromatic nitrogens is 2. The van der Waals surface area contributed by atoms with Crippen LogP contribution in [0.4, 0.5) is 13.2 Å². The van der Waals surface area contributed by atoms with Crippen molar-refractivity contribution in [3.05, 3.63) is 42.1 Å². The van der Waals surface area contributed by atoms with Crippen LogP contribution in [0, 0.1) is 0 Å². The zero-order chi connectivity index (χ0) is 16.2. The molecule has 0 aliphatic heterocycles. The number of thioether (sulfide) groups is 1. The van der Waals surface area contributed by atoms with Gasteiger partial charge in [-0.05, 0) is 6.07 Å². The van der Waals surface area contributed by atoms with Gasteiger partial charge in [0.1, 0.15) is 5.69 Å². The topological polar surface area (TPSA) is 52.1 Å². The number of nitrogens with zero attached hydrogens (tertiary/aromatic N) is 2. The highest BCUT2D eigenvalue weighted by molar-refractivity contribution is 7.99. The molecule has 0 fully saturated rings. The molecule has 116 valence electrons. The van der Waals surface area contributed by atoms with Gasteiger partial charge >= 0.3 is 12.1 Å². The van der Waals surface area contributed by atoms with Crippen molar-refractivity contribution < 1.29 is 22.7 Å². The van der Waals surface area contributed by atoms with E-state index in [-0.39, 0.29) is 16.6 Å². The molecule has 0 saturated heterocycles. The summed E-state index contributed by atoms with van der Waals surface area (Å²) in [7, 11) is 1.20. The largest absolute Gasteiger partial charge is 0.468 e. The molecular formula is C14H11F3N2O2S. The third-order valence-electron chi connectivity index (χ3n) is 2.61. The van der Waals surface area contributed by atoms with Crippen LogP contribution in [0.15, 0.2) is 41.6 Å². The Morgan fingerprint density at radius 3 is 2.50 bits per heavy atom. The Bertz CT molecular complexity index is 663. The van der Waals surface area contributed by atoms with Gasteiger partial charge in [-0.2, -0.15) is 13.2 Å². The standard InChI is InChI=1S/C14H11F3N2O2S/c1-21-12(20)8-22-13-18-10(9-5-3-2-4-6-9)7-11(19-13)14(15,16)17/h2-7H,8H2,1H3. The van der Waals surface area contributed by atoms with Crippen molar-refractivity contribution >= 4 is 17.7 Å². The van der Waals surface area contributed by atoms with Crippen LogP contribution < -0.4 is 0 Å². The molecule has 1 aromatic heterocycles. The minimum atomic E-state index is -4.59. The summed E-state index contributed by atoms with van der Waals surface area (Å²) in [5, 5.41) is -0.126. The maximum absolute atomic E-state index is 12.9. The van der Waals surface area contributed by atoms with Gasteiger partial charge in [-0.25, -0.2) is 9.97 Å². The molecular weight excluding hydrogens is 317 g/mol. The molecule has 1 aromatic carbocycles. The zero-order valence-electron chi connectivity index (χ0n) is 11.4. The smallest absolute Gasteiger partial charge is 0.433 e. The van der Waals surface area contributed by atoms with E-state index < -0.39 is 17.8 Å². The SMILES string of the molecule is COC(=O)CSc1nc(-c2ccccc2)cc(C(F)(F)F)n1. The number of ether oxygens (including phenoxy) is 1. The molecule has 0 atom stereocenters. The molecule has 0 spiro atoms. The van der Waals surface area contributed by atoms with Crippen molar-refractivity contribution in [1.29, 1.82) is 0 Å². The summed E-state index contributed by atoms with van der Waals surface area (Å²) in [4.78, 5) is 18.6. The number of carbonyl (C=O) groups excluding carboxylic acids is 1. The average Bonchev–Trinajstić information content (AvgIpc) is 2.52. The first-order valence-electron chi connectivity index (χ1n) is 6.11. The van der Waals surface area contributed by atoms with Gasteiger partial charge in [-0.3, -0.25) is 4.79 Å². The fraction of sp³-hybridized carbons (Fsp3) is 0.214. The maximum Gasteiger partial charge on any atom is 0.433 e.